The summed E-state index contributed by atoms with van der Waals surface area (Å²) in [4.78, 5) is 12.0. The quantitative estimate of drug-likeness (QED) is 0.817. The van der Waals surface area contributed by atoms with Gasteiger partial charge in [-0.2, -0.15) is 0 Å². The molecule has 0 aromatic heterocycles. The number of carbonyl (C=O) groups excluding carboxylic acids is 1. The third-order valence-corrected chi connectivity index (χ3v) is 5.65. The van der Waals surface area contributed by atoms with Gasteiger partial charge in [0, 0.05) is 6.04 Å². The molecule has 2 rings (SSSR count). The summed E-state index contributed by atoms with van der Waals surface area (Å²) in [5, 5.41) is 3.19. The van der Waals surface area contributed by atoms with Gasteiger partial charge in [0.2, 0.25) is 5.91 Å². The highest BCUT2D eigenvalue weighted by Gasteiger charge is 2.26. The summed E-state index contributed by atoms with van der Waals surface area (Å²) in [6.07, 6.45) is 4.51. The number of alkyl halides is 1. The predicted octanol–water partition coefficient (Wildman–Crippen LogP) is 4.25. The Morgan fingerprint density at radius 1 is 1.15 bits per heavy atom. The van der Waals surface area contributed by atoms with Crippen molar-refractivity contribution in [1.29, 1.82) is 0 Å². The van der Waals surface area contributed by atoms with E-state index in [-0.39, 0.29) is 10.7 Å². The maximum Gasteiger partial charge on any atom is 0.234 e. The topological polar surface area (TPSA) is 29.1 Å². The van der Waals surface area contributed by atoms with Gasteiger partial charge in [-0.05, 0) is 43.1 Å². The summed E-state index contributed by atoms with van der Waals surface area (Å²) in [5.41, 5.74) is 1.44. The number of hydrogen-bond donors (Lipinski definition) is 1. The highest BCUT2D eigenvalue weighted by atomic mass is 79.9. The van der Waals surface area contributed by atoms with Crippen LogP contribution in [0.1, 0.15) is 51.0 Å². The molecule has 1 amide bonds. The van der Waals surface area contributed by atoms with Crippen molar-refractivity contribution in [1.82, 2.24) is 5.32 Å². The third-order valence-electron chi connectivity index (χ3n) is 4.18. The van der Waals surface area contributed by atoms with Crippen molar-refractivity contribution in [2.45, 2.75) is 56.3 Å². The van der Waals surface area contributed by atoms with Gasteiger partial charge in [-0.3, -0.25) is 4.79 Å². The van der Waals surface area contributed by atoms with E-state index in [4.69, 9.17) is 0 Å². The molecule has 1 unspecified atom stereocenters. The van der Waals surface area contributed by atoms with E-state index in [9.17, 15) is 4.79 Å². The second-order valence-electron chi connectivity index (χ2n) is 6.11. The summed E-state index contributed by atoms with van der Waals surface area (Å²) in [7, 11) is 0. The van der Waals surface area contributed by atoms with Crippen LogP contribution in [0, 0.1) is 5.92 Å². The SMILES string of the molecule is CC(C)C(Br)C(=O)NC1CCC(c2ccccc2)CC1. The predicted molar refractivity (Wildman–Crippen MR) is 87.1 cm³/mol. The first-order chi connectivity index (χ1) is 9.58. The molecule has 0 heterocycles. The monoisotopic (exact) mass is 337 g/mol. The van der Waals surface area contributed by atoms with Crippen molar-refractivity contribution in [2.75, 3.05) is 0 Å². The van der Waals surface area contributed by atoms with Crippen molar-refractivity contribution in [3.63, 3.8) is 0 Å². The number of benzene rings is 1. The van der Waals surface area contributed by atoms with Crippen LogP contribution in [0.5, 0.6) is 0 Å². The van der Waals surface area contributed by atoms with E-state index < -0.39 is 0 Å². The summed E-state index contributed by atoms with van der Waals surface area (Å²) < 4.78 is 0. The first-order valence-corrected chi connectivity index (χ1v) is 8.49. The highest BCUT2D eigenvalue weighted by Crippen LogP contribution is 2.32. The zero-order valence-corrected chi connectivity index (χ0v) is 13.9. The minimum atomic E-state index is -0.0747. The van der Waals surface area contributed by atoms with Crippen molar-refractivity contribution >= 4 is 21.8 Å². The Labute approximate surface area is 130 Å². The second-order valence-corrected chi connectivity index (χ2v) is 7.10. The average molecular weight is 338 g/mol. The van der Waals surface area contributed by atoms with Crippen molar-refractivity contribution in [2.24, 2.45) is 5.92 Å². The zero-order chi connectivity index (χ0) is 14.5. The van der Waals surface area contributed by atoms with Crippen LogP contribution >= 0.6 is 15.9 Å². The van der Waals surface area contributed by atoms with Crippen LogP contribution in [-0.2, 0) is 4.79 Å². The van der Waals surface area contributed by atoms with Crippen molar-refractivity contribution in [3.8, 4) is 0 Å². The lowest BCUT2D eigenvalue weighted by molar-refractivity contribution is -0.122. The third kappa shape index (κ3) is 4.08. The largest absolute Gasteiger partial charge is 0.352 e. The maximum absolute atomic E-state index is 12.0. The number of rotatable bonds is 4. The van der Waals surface area contributed by atoms with Gasteiger partial charge in [-0.25, -0.2) is 0 Å². The lowest BCUT2D eigenvalue weighted by Gasteiger charge is -2.30. The van der Waals surface area contributed by atoms with Crippen molar-refractivity contribution in [3.05, 3.63) is 35.9 Å². The molecular formula is C17H24BrNO. The molecule has 20 heavy (non-hydrogen) atoms. The van der Waals surface area contributed by atoms with Crippen LogP contribution in [-0.4, -0.2) is 16.8 Å². The van der Waals surface area contributed by atoms with Gasteiger partial charge < -0.3 is 5.32 Å². The van der Waals surface area contributed by atoms with E-state index in [1.54, 1.807) is 0 Å². The van der Waals surface area contributed by atoms with Gasteiger partial charge in [0.1, 0.15) is 0 Å². The number of hydrogen-bond acceptors (Lipinski definition) is 1. The summed E-state index contributed by atoms with van der Waals surface area (Å²) >= 11 is 3.47. The highest BCUT2D eigenvalue weighted by molar-refractivity contribution is 9.10. The Morgan fingerprint density at radius 2 is 1.75 bits per heavy atom. The van der Waals surface area contributed by atoms with Crippen LogP contribution in [0.15, 0.2) is 30.3 Å². The fraction of sp³-hybridized carbons (Fsp3) is 0.588. The molecule has 2 nitrogen and oxygen atoms in total. The molecule has 110 valence electrons. The van der Waals surface area contributed by atoms with Gasteiger partial charge in [-0.15, -0.1) is 0 Å². The van der Waals surface area contributed by atoms with Gasteiger partial charge in [-0.1, -0.05) is 60.1 Å². The molecule has 0 bridgehead atoms. The molecule has 0 spiro atoms. The number of halogens is 1. The number of carbonyl (C=O) groups is 1. The molecular weight excluding hydrogens is 314 g/mol. The molecule has 3 heteroatoms. The zero-order valence-electron chi connectivity index (χ0n) is 12.3. The maximum atomic E-state index is 12.0. The molecule has 1 aromatic carbocycles. The van der Waals surface area contributed by atoms with E-state index in [2.05, 4.69) is 65.4 Å². The lowest BCUT2D eigenvalue weighted by Crippen LogP contribution is -2.42. The standard InChI is InChI=1S/C17H24BrNO/c1-12(2)16(18)17(20)19-15-10-8-14(9-11-15)13-6-4-3-5-7-13/h3-7,12,14-16H,8-11H2,1-2H3,(H,19,20). The molecule has 1 N–H and O–H groups in total. The molecule has 1 aliphatic rings. The molecule has 0 radical (unpaired) electrons. The Bertz CT molecular complexity index is 424. The molecule has 1 atom stereocenters. The first-order valence-electron chi connectivity index (χ1n) is 7.57. The fourth-order valence-corrected chi connectivity index (χ4v) is 3.01. The minimum absolute atomic E-state index is 0.0747. The summed E-state index contributed by atoms with van der Waals surface area (Å²) in [6.45, 7) is 4.12. The van der Waals surface area contributed by atoms with Gasteiger partial charge in [0.25, 0.3) is 0 Å². The molecule has 0 saturated heterocycles. The number of nitrogens with one attached hydrogen (secondary N) is 1. The summed E-state index contributed by atoms with van der Waals surface area (Å²) in [5.74, 6) is 1.13. The Morgan fingerprint density at radius 3 is 2.30 bits per heavy atom. The molecule has 1 aliphatic carbocycles. The van der Waals surface area contributed by atoms with Crippen molar-refractivity contribution < 1.29 is 4.79 Å². The van der Waals surface area contributed by atoms with Crippen LogP contribution < -0.4 is 5.32 Å². The van der Waals surface area contributed by atoms with E-state index in [0.29, 0.717) is 17.9 Å². The van der Waals surface area contributed by atoms with Crippen LogP contribution in [0.2, 0.25) is 0 Å². The van der Waals surface area contributed by atoms with E-state index >= 15 is 0 Å². The van der Waals surface area contributed by atoms with E-state index in [1.807, 2.05) is 0 Å². The smallest absolute Gasteiger partial charge is 0.234 e. The Kier molecular flexibility index (Phi) is 5.64. The molecule has 1 fully saturated rings. The molecule has 1 aromatic rings. The fourth-order valence-electron chi connectivity index (χ4n) is 2.88. The normalized spacial score (nSPS) is 24.4. The molecule has 1 saturated carbocycles. The second kappa shape index (κ2) is 7.26. The van der Waals surface area contributed by atoms with Gasteiger partial charge in [0.05, 0.1) is 4.83 Å². The Balaban J connectivity index is 1.81. The summed E-state index contributed by atoms with van der Waals surface area (Å²) in [6, 6.07) is 11.1. The van der Waals surface area contributed by atoms with E-state index in [1.165, 1.54) is 18.4 Å². The van der Waals surface area contributed by atoms with Crippen LogP contribution in [0.3, 0.4) is 0 Å². The lowest BCUT2D eigenvalue weighted by atomic mass is 9.82. The number of amides is 1. The van der Waals surface area contributed by atoms with Crippen LogP contribution in [0.25, 0.3) is 0 Å². The van der Waals surface area contributed by atoms with E-state index in [0.717, 1.165) is 12.8 Å². The molecule has 0 aliphatic heterocycles. The first kappa shape index (κ1) is 15.6. The van der Waals surface area contributed by atoms with Crippen LogP contribution in [0.4, 0.5) is 0 Å². The van der Waals surface area contributed by atoms with Gasteiger partial charge >= 0.3 is 0 Å². The van der Waals surface area contributed by atoms with Gasteiger partial charge in [0.15, 0.2) is 0 Å². The Hall–Kier alpha value is -0.830. The average Bonchev–Trinajstić information content (AvgIpc) is 2.48. The minimum Gasteiger partial charge on any atom is -0.352 e.